The Morgan fingerprint density at radius 2 is 2.00 bits per heavy atom. The molecule has 0 unspecified atom stereocenters. The van der Waals surface area contributed by atoms with E-state index < -0.39 is 11.0 Å². The molecule has 0 atom stereocenters. The van der Waals surface area contributed by atoms with E-state index in [1.165, 1.54) is 0 Å². The van der Waals surface area contributed by atoms with Crippen LogP contribution in [0.25, 0.3) is 21.6 Å². The summed E-state index contributed by atoms with van der Waals surface area (Å²) < 4.78 is 6.55. The SMILES string of the molecule is CC(C)(N)C(C)(C)c1nc(-c2cnc3ccsc3c2)no1. The minimum atomic E-state index is -0.466. The van der Waals surface area contributed by atoms with Crippen molar-refractivity contribution >= 4 is 21.6 Å². The molecule has 21 heavy (non-hydrogen) atoms. The molecule has 0 bridgehead atoms. The van der Waals surface area contributed by atoms with Gasteiger partial charge in [0.05, 0.1) is 15.6 Å². The van der Waals surface area contributed by atoms with Gasteiger partial charge in [-0.15, -0.1) is 11.3 Å². The maximum absolute atomic E-state index is 6.22. The van der Waals surface area contributed by atoms with Gasteiger partial charge in [0.1, 0.15) is 0 Å². The topological polar surface area (TPSA) is 77.8 Å². The highest BCUT2D eigenvalue weighted by atomic mass is 32.1. The maximum Gasteiger partial charge on any atom is 0.234 e. The van der Waals surface area contributed by atoms with Crippen LogP contribution in [0.5, 0.6) is 0 Å². The Morgan fingerprint density at radius 3 is 2.71 bits per heavy atom. The predicted octanol–water partition coefficient (Wildman–Crippen LogP) is 3.36. The van der Waals surface area contributed by atoms with Gasteiger partial charge in [0.25, 0.3) is 0 Å². The summed E-state index contributed by atoms with van der Waals surface area (Å²) in [5, 5.41) is 6.10. The normalized spacial score (nSPS) is 13.0. The molecule has 110 valence electrons. The standard InChI is InChI=1S/C15H18N4OS/c1-14(2,15(3,4)16)13-18-12(19-20-13)9-7-11-10(17-8-9)5-6-21-11/h5-8H,16H2,1-4H3. The predicted molar refractivity (Wildman–Crippen MR) is 84.2 cm³/mol. The van der Waals surface area contributed by atoms with Crippen LogP contribution in [0.15, 0.2) is 28.2 Å². The van der Waals surface area contributed by atoms with Crippen LogP contribution in [0.4, 0.5) is 0 Å². The molecule has 0 saturated heterocycles. The maximum atomic E-state index is 6.22. The average Bonchev–Trinajstić information content (AvgIpc) is 3.05. The smallest absolute Gasteiger partial charge is 0.234 e. The lowest BCUT2D eigenvalue weighted by atomic mass is 9.75. The molecule has 3 rings (SSSR count). The number of aromatic nitrogens is 3. The number of hydrogen-bond donors (Lipinski definition) is 1. The summed E-state index contributed by atoms with van der Waals surface area (Å²) in [6.07, 6.45) is 1.77. The summed E-state index contributed by atoms with van der Waals surface area (Å²) in [6.45, 7) is 7.92. The van der Waals surface area contributed by atoms with Gasteiger partial charge in [-0.1, -0.05) is 5.16 Å². The van der Waals surface area contributed by atoms with Crippen LogP contribution in [-0.4, -0.2) is 20.7 Å². The molecule has 0 amide bonds. The summed E-state index contributed by atoms with van der Waals surface area (Å²) >= 11 is 1.64. The van der Waals surface area contributed by atoms with E-state index in [2.05, 4.69) is 15.1 Å². The highest BCUT2D eigenvalue weighted by Crippen LogP contribution is 2.33. The molecule has 3 aromatic heterocycles. The van der Waals surface area contributed by atoms with E-state index in [0.717, 1.165) is 15.8 Å². The zero-order valence-corrected chi connectivity index (χ0v) is 13.4. The molecule has 0 saturated carbocycles. The molecule has 0 aliphatic heterocycles. The van der Waals surface area contributed by atoms with Gasteiger partial charge in [-0.2, -0.15) is 4.98 Å². The van der Waals surface area contributed by atoms with Crippen molar-refractivity contribution in [3.05, 3.63) is 29.6 Å². The monoisotopic (exact) mass is 302 g/mol. The third-order valence-electron chi connectivity index (χ3n) is 4.13. The summed E-state index contributed by atoms with van der Waals surface area (Å²) in [5.41, 5.74) is 7.17. The fourth-order valence-electron chi connectivity index (χ4n) is 1.84. The summed E-state index contributed by atoms with van der Waals surface area (Å²) in [6, 6.07) is 4.02. The molecule has 0 aromatic carbocycles. The van der Waals surface area contributed by atoms with Crippen LogP contribution < -0.4 is 5.73 Å². The summed E-state index contributed by atoms with van der Waals surface area (Å²) in [4.78, 5) is 8.92. The molecule has 3 heterocycles. The van der Waals surface area contributed by atoms with E-state index in [0.29, 0.717) is 11.7 Å². The van der Waals surface area contributed by atoms with Gasteiger partial charge in [0.2, 0.25) is 11.7 Å². The zero-order chi connectivity index (χ0) is 15.3. The molecule has 2 N–H and O–H groups in total. The third-order valence-corrected chi connectivity index (χ3v) is 4.99. The number of pyridine rings is 1. The molecule has 0 aliphatic carbocycles. The minimum Gasteiger partial charge on any atom is -0.338 e. The molecule has 0 aliphatic rings. The highest BCUT2D eigenvalue weighted by molar-refractivity contribution is 7.17. The lowest BCUT2D eigenvalue weighted by molar-refractivity contribution is 0.223. The van der Waals surface area contributed by atoms with Gasteiger partial charge in [-0.05, 0) is 45.2 Å². The molecule has 0 radical (unpaired) electrons. The molecule has 3 aromatic rings. The van der Waals surface area contributed by atoms with Crippen LogP contribution in [0, 0.1) is 0 Å². The van der Waals surface area contributed by atoms with Gasteiger partial charge in [-0.3, -0.25) is 4.98 Å². The second kappa shape index (κ2) is 4.61. The quantitative estimate of drug-likeness (QED) is 0.802. The van der Waals surface area contributed by atoms with Crippen molar-refractivity contribution in [3.8, 4) is 11.4 Å². The number of thiophene rings is 1. The Morgan fingerprint density at radius 1 is 1.24 bits per heavy atom. The lowest BCUT2D eigenvalue weighted by Crippen LogP contribution is -2.50. The van der Waals surface area contributed by atoms with Crippen LogP contribution in [0.3, 0.4) is 0 Å². The van der Waals surface area contributed by atoms with Crippen LogP contribution >= 0.6 is 11.3 Å². The first-order valence-electron chi connectivity index (χ1n) is 6.76. The lowest BCUT2D eigenvalue weighted by Gasteiger charge is -2.34. The number of nitrogens with zero attached hydrogens (tertiary/aromatic N) is 3. The van der Waals surface area contributed by atoms with E-state index in [4.69, 9.17) is 10.3 Å². The van der Waals surface area contributed by atoms with Gasteiger partial charge in [0.15, 0.2) is 0 Å². The summed E-state index contributed by atoms with van der Waals surface area (Å²) in [7, 11) is 0. The fraction of sp³-hybridized carbons (Fsp3) is 0.400. The highest BCUT2D eigenvalue weighted by Gasteiger charge is 2.40. The van der Waals surface area contributed by atoms with Crippen molar-refractivity contribution in [2.24, 2.45) is 5.73 Å². The molecule has 6 heteroatoms. The Balaban J connectivity index is 2.01. The number of nitrogens with two attached hydrogens (primary N) is 1. The molecular weight excluding hydrogens is 284 g/mol. The van der Waals surface area contributed by atoms with Crippen LogP contribution in [0.1, 0.15) is 33.6 Å². The van der Waals surface area contributed by atoms with Crippen molar-refractivity contribution in [3.63, 3.8) is 0 Å². The van der Waals surface area contributed by atoms with E-state index in [1.807, 2.05) is 45.2 Å². The second-order valence-corrected chi connectivity index (χ2v) is 7.25. The van der Waals surface area contributed by atoms with Crippen molar-refractivity contribution < 1.29 is 4.52 Å². The first-order chi connectivity index (χ1) is 9.79. The Labute approximate surface area is 127 Å². The van der Waals surface area contributed by atoms with Gasteiger partial charge >= 0.3 is 0 Å². The van der Waals surface area contributed by atoms with Crippen molar-refractivity contribution in [1.29, 1.82) is 0 Å². The molecular formula is C15H18N4OS. The van der Waals surface area contributed by atoms with Crippen molar-refractivity contribution in [2.45, 2.75) is 38.6 Å². The van der Waals surface area contributed by atoms with Gasteiger partial charge in [-0.25, -0.2) is 0 Å². The number of rotatable bonds is 3. The van der Waals surface area contributed by atoms with Crippen molar-refractivity contribution in [2.75, 3.05) is 0 Å². The Bertz CT molecular complexity index is 782. The van der Waals surface area contributed by atoms with E-state index >= 15 is 0 Å². The van der Waals surface area contributed by atoms with E-state index in [1.54, 1.807) is 17.5 Å². The van der Waals surface area contributed by atoms with Crippen molar-refractivity contribution in [1.82, 2.24) is 15.1 Å². The van der Waals surface area contributed by atoms with E-state index in [-0.39, 0.29) is 0 Å². The zero-order valence-electron chi connectivity index (χ0n) is 12.5. The van der Waals surface area contributed by atoms with Gasteiger partial charge in [0, 0.05) is 17.3 Å². The van der Waals surface area contributed by atoms with E-state index in [9.17, 15) is 0 Å². The number of hydrogen-bond acceptors (Lipinski definition) is 6. The van der Waals surface area contributed by atoms with Crippen LogP contribution in [-0.2, 0) is 5.41 Å². The summed E-state index contributed by atoms with van der Waals surface area (Å²) in [5.74, 6) is 1.08. The number of fused-ring (bicyclic) bond motifs is 1. The first kappa shape index (κ1) is 14.2. The molecule has 0 fully saturated rings. The Hall–Kier alpha value is -1.79. The average molecular weight is 302 g/mol. The van der Waals surface area contributed by atoms with Crippen LogP contribution in [0.2, 0.25) is 0 Å². The van der Waals surface area contributed by atoms with Gasteiger partial charge < -0.3 is 10.3 Å². The molecule has 5 nitrogen and oxygen atoms in total. The fourth-order valence-corrected chi connectivity index (χ4v) is 2.62. The first-order valence-corrected chi connectivity index (χ1v) is 7.64. The Kier molecular flexibility index (Phi) is 3.11. The molecule has 0 spiro atoms. The second-order valence-electron chi connectivity index (χ2n) is 6.30. The minimum absolute atomic E-state index is 0.418. The largest absolute Gasteiger partial charge is 0.338 e. The third kappa shape index (κ3) is 2.34.